The maximum atomic E-state index is 12.3. The molecule has 0 atom stereocenters. The molecule has 2 aromatic rings. The summed E-state index contributed by atoms with van der Waals surface area (Å²) in [5.41, 5.74) is 2.84. The van der Waals surface area contributed by atoms with Gasteiger partial charge in [0, 0.05) is 18.4 Å². The summed E-state index contributed by atoms with van der Waals surface area (Å²) in [5.74, 6) is 1.80. The molecule has 0 fully saturated rings. The summed E-state index contributed by atoms with van der Waals surface area (Å²) in [6, 6.07) is 13.3. The van der Waals surface area contributed by atoms with Crippen LogP contribution >= 0.6 is 0 Å². The van der Waals surface area contributed by atoms with Gasteiger partial charge in [-0.25, -0.2) is 0 Å². The van der Waals surface area contributed by atoms with E-state index in [0.717, 1.165) is 34.6 Å². The molecule has 3 nitrogen and oxygen atoms in total. The maximum absolute atomic E-state index is 12.3. The van der Waals surface area contributed by atoms with Crippen LogP contribution in [0.2, 0.25) is 0 Å². The molecular formula is C17H16O3. The standard InChI is InChI=1S/C17H16O3/c1-19-15-4-2-3-12(9-15)10-16(18)13-5-6-17-14(11-13)7-8-20-17/h2-6,9,11H,7-8,10H2,1H3. The van der Waals surface area contributed by atoms with Crippen molar-refractivity contribution in [3.8, 4) is 11.5 Å². The van der Waals surface area contributed by atoms with Crippen molar-refractivity contribution >= 4 is 5.78 Å². The molecule has 3 rings (SSSR count). The zero-order valence-corrected chi connectivity index (χ0v) is 11.4. The van der Waals surface area contributed by atoms with Gasteiger partial charge < -0.3 is 9.47 Å². The van der Waals surface area contributed by atoms with E-state index in [1.807, 2.05) is 42.5 Å². The van der Waals surface area contributed by atoms with E-state index < -0.39 is 0 Å². The van der Waals surface area contributed by atoms with Gasteiger partial charge in [0.25, 0.3) is 0 Å². The molecule has 0 N–H and O–H groups in total. The fourth-order valence-corrected chi connectivity index (χ4v) is 2.43. The summed E-state index contributed by atoms with van der Waals surface area (Å²) in [5, 5.41) is 0. The molecule has 1 aliphatic rings. The van der Waals surface area contributed by atoms with Gasteiger partial charge in [0.1, 0.15) is 11.5 Å². The maximum Gasteiger partial charge on any atom is 0.167 e. The number of methoxy groups -OCH3 is 1. The van der Waals surface area contributed by atoms with E-state index in [0.29, 0.717) is 13.0 Å². The van der Waals surface area contributed by atoms with Crippen molar-refractivity contribution in [3.63, 3.8) is 0 Å². The van der Waals surface area contributed by atoms with Gasteiger partial charge in [0.2, 0.25) is 0 Å². The lowest BCUT2D eigenvalue weighted by molar-refractivity contribution is 0.0993. The third-order valence-corrected chi connectivity index (χ3v) is 3.51. The Hall–Kier alpha value is -2.29. The molecule has 0 unspecified atom stereocenters. The number of carbonyl (C=O) groups is 1. The molecule has 1 aliphatic heterocycles. The van der Waals surface area contributed by atoms with Crippen molar-refractivity contribution < 1.29 is 14.3 Å². The van der Waals surface area contributed by atoms with Crippen LogP contribution in [-0.2, 0) is 12.8 Å². The molecule has 1 heterocycles. The van der Waals surface area contributed by atoms with Gasteiger partial charge in [-0.05, 0) is 41.5 Å². The second-order valence-electron chi connectivity index (χ2n) is 4.87. The number of ketones is 1. The molecule has 0 saturated carbocycles. The Morgan fingerprint density at radius 1 is 1.25 bits per heavy atom. The van der Waals surface area contributed by atoms with Crippen molar-refractivity contribution in [2.45, 2.75) is 12.8 Å². The predicted molar refractivity (Wildman–Crippen MR) is 76.7 cm³/mol. The Labute approximate surface area is 118 Å². The minimum Gasteiger partial charge on any atom is -0.497 e. The van der Waals surface area contributed by atoms with Crippen molar-refractivity contribution in [1.82, 2.24) is 0 Å². The second kappa shape index (κ2) is 5.37. The monoisotopic (exact) mass is 268 g/mol. The quantitative estimate of drug-likeness (QED) is 0.799. The molecule has 3 heteroatoms. The van der Waals surface area contributed by atoms with Gasteiger partial charge in [-0.3, -0.25) is 4.79 Å². The van der Waals surface area contributed by atoms with Crippen LogP contribution in [0.25, 0.3) is 0 Å². The van der Waals surface area contributed by atoms with Crippen LogP contribution in [0.4, 0.5) is 0 Å². The van der Waals surface area contributed by atoms with Gasteiger partial charge in [0.15, 0.2) is 5.78 Å². The van der Waals surface area contributed by atoms with Crippen LogP contribution < -0.4 is 9.47 Å². The normalized spacial score (nSPS) is 12.7. The zero-order valence-electron chi connectivity index (χ0n) is 11.4. The molecule has 0 saturated heterocycles. The molecule has 0 radical (unpaired) electrons. The topological polar surface area (TPSA) is 35.5 Å². The molecule has 0 aliphatic carbocycles. The number of fused-ring (bicyclic) bond motifs is 1. The Morgan fingerprint density at radius 2 is 2.15 bits per heavy atom. The van der Waals surface area contributed by atoms with Gasteiger partial charge in [0.05, 0.1) is 13.7 Å². The van der Waals surface area contributed by atoms with E-state index in [-0.39, 0.29) is 5.78 Å². The van der Waals surface area contributed by atoms with Crippen LogP contribution in [0.15, 0.2) is 42.5 Å². The van der Waals surface area contributed by atoms with Crippen LogP contribution in [0.3, 0.4) is 0 Å². The van der Waals surface area contributed by atoms with Crippen LogP contribution in [-0.4, -0.2) is 19.5 Å². The van der Waals surface area contributed by atoms with E-state index in [1.165, 1.54) is 0 Å². The van der Waals surface area contributed by atoms with Crippen molar-refractivity contribution in [1.29, 1.82) is 0 Å². The fourth-order valence-electron chi connectivity index (χ4n) is 2.43. The third-order valence-electron chi connectivity index (χ3n) is 3.51. The minimum atomic E-state index is 0.118. The fraction of sp³-hybridized carbons (Fsp3) is 0.235. The van der Waals surface area contributed by atoms with Crippen LogP contribution in [0, 0.1) is 0 Å². The molecule has 0 amide bonds. The van der Waals surface area contributed by atoms with Gasteiger partial charge in [-0.1, -0.05) is 12.1 Å². The lowest BCUT2D eigenvalue weighted by Gasteiger charge is -2.05. The SMILES string of the molecule is COc1cccc(CC(=O)c2ccc3c(c2)CCO3)c1. The molecular weight excluding hydrogens is 252 g/mol. The zero-order chi connectivity index (χ0) is 13.9. The van der Waals surface area contributed by atoms with Gasteiger partial charge in [-0.15, -0.1) is 0 Å². The highest BCUT2D eigenvalue weighted by Crippen LogP contribution is 2.26. The summed E-state index contributed by atoms with van der Waals surface area (Å²) in [6.45, 7) is 0.711. The smallest absolute Gasteiger partial charge is 0.167 e. The summed E-state index contributed by atoms with van der Waals surface area (Å²) >= 11 is 0. The highest BCUT2D eigenvalue weighted by molar-refractivity contribution is 5.97. The molecule has 102 valence electrons. The highest BCUT2D eigenvalue weighted by atomic mass is 16.5. The highest BCUT2D eigenvalue weighted by Gasteiger charge is 2.15. The Morgan fingerprint density at radius 3 is 3.00 bits per heavy atom. The first kappa shape index (κ1) is 12.7. The van der Waals surface area contributed by atoms with Crippen LogP contribution in [0.1, 0.15) is 21.5 Å². The van der Waals surface area contributed by atoms with E-state index in [4.69, 9.17) is 9.47 Å². The largest absolute Gasteiger partial charge is 0.497 e. The van der Waals surface area contributed by atoms with E-state index in [2.05, 4.69) is 0 Å². The number of carbonyl (C=O) groups excluding carboxylic acids is 1. The summed E-state index contributed by atoms with van der Waals surface area (Å²) in [4.78, 5) is 12.3. The number of ether oxygens (including phenoxy) is 2. The second-order valence-corrected chi connectivity index (χ2v) is 4.87. The predicted octanol–water partition coefficient (Wildman–Crippen LogP) is 3.06. The molecule has 2 aromatic carbocycles. The minimum absolute atomic E-state index is 0.118. The van der Waals surface area contributed by atoms with Crippen molar-refractivity contribution in [3.05, 3.63) is 59.2 Å². The molecule has 20 heavy (non-hydrogen) atoms. The number of benzene rings is 2. The number of hydrogen-bond donors (Lipinski definition) is 0. The first-order valence-corrected chi connectivity index (χ1v) is 6.68. The lowest BCUT2D eigenvalue weighted by Crippen LogP contribution is -2.04. The number of rotatable bonds is 4. The first-order chi connectivity index (χ1) is 9.76. The summed E-state index contributed by atoms with van der Waals surface area (Å²) in [6.07, 6.45) is 1.27. The van der Waals surface area contributed by atoms with Crippen molar-refractivity contribution in [2.75, 3.05) is 13.7 Å². The van der Waals surface area contributed by atoms with Crippen molar-refractivity contribution in [2.24, 2.45) is 0 Å². The Balaban J connectivity index is 1.79. The van der Waals surface area contributed by atoms with E-state index in [1.54, 1.807) is 7.11 Å². The van der Waals surface area contributed by atoms with Gasteiger partial charge >= 0.3 is 0 Å². The Bertz CT molecular complexity index is 646. The third kappa shape index (κ3) is 2.52. The average Bonchev–Trinajstić information content (AvgIpc) is 2.94. The lowest BCUT2D eigenvalue weighted by atomic mass is 10.0. The number of Topliss-reactive ketones (excluding diaryl/α,β-unsaturated/α-hetero) is 1. The molecule has 0 spiro atoms. The molecule has 0 aromatic heterocycles. The molecule has 0 bridgehead atoms. The van der Waals surface area contributed by atoms with Gasteiger partial charge in [-0.2, -0.15) is 0 Å². The number of hydrogen-bond acceptors (Lipinski definition) is 3. The summed E-state index contributed by atoms with van der Waals surface area (Å²) < 4.78 is 10.6. The van der Waals surface area contributed by atoms with Crippen LogP contribution in [0.5, 0.6) is 11.5 Å². The Kier molecular flexibility index (Phi) is 3.42. The first-order valence-electron chi connectivity index (χ1n) is 6.68. The van der Waals surface area contributed by atoms with E-state index >= 15 is 0 Å². The average molecular weight is 268 g/mol. The van der Waals surface area contributed by atoms with E-state index in [9.17, 15) is 4.79 Å². The summed E-state index contributed by atoms with van der Waals surface area (Å²) in [7, 11) is 1.63.